The van der Waals surface area contributed by atoms with Crippen LogP contribution in [0.25, 0.3) is 17.1 Å². The molecule has 0 saturated carbocycles. The summed E-state index contributed by atoms with van der Waals surface area (Å²) in [6.07, 6.45) is 6.14. The molecular weight excluding hydrogens is 420 g/mol. The van der Waals surface area contributed by atoms with Crippen LogP contribution >= 0.6 is 0 Å². The van der Waals surface area contributed by atoms with Crippen molar-refractivity contribution in [3.05, 3.63) is 96.8 Å². The maximum Gasteiger partial charge on any atom is 0.287 e. The zero-order valence-corrected chi connectivity index (χ0v) is 17.5. The number of aromatic nitrogens is 4. The molecule has 2 heterocycles. The Morgan fingerprint density at radius 1 is 0.879 bits per heavy atom. The van der Waals surface area contributed by atoms with E-state index in [0.29, 0.717) is 0 Å². The molecule has 9 nitrogen and oxygen atoms in total. The van der Waals surface area contributed by atoms with E-state index in [0.717, 1.165) is 16.7 Å². The van der Waals surface area contributed by atoms with Gasteiger partial charge in [-0.1, -0.05) is 60.7 Å². The molecule has 4 rings (SSSR count). The highest BCUT2D eigenvalue weighted by Gasteiger charge is 2.27. The second-order valence-electron chi connectivity index (χ2n) is 7.23. The number of nitrogens with two attached hydrogens (primary N) is 1. The van der Waals surface area contributed by atoms with Gasteiger partial charge in [-0.05, 0) is 11.1 Å². The predicted molar refractivity (Wildman–Crippen MR) is 120 cm³/mol. The van der Waals surface area contributed by atoms with E-state index in [1.807, 2.05) is 36.4 Å². The number of Topliss-reactive ketones (excluding diaryl/α,β-unsaturated/α-hetero) is 1. The van der Waals surface area contributed by atoms with Crippen molar-refractivity contribution >= 4 is 17.6 Å². The molecule has 0 unspecified atom stereocenters. The van der Waals surface area contributed by atoms with Crippen molar-refractivity contribution in [2.75, 3.05) is 0 Å². The lowest BCUT2D eigenvalue weighted by Crippen LogP contribution is -2.47. The second-order valence-corrected chi connectivity index (χ2v) is 7.23. The number of carbonyl (C=O) groups is 3. The Morgan fingerprint density at radius 2 is 1.52 bits per heavy atom. The Bertz CT molecular complexity index is 1270. The van der Waals surface area contributed by atoms with Gasteiger partial charge in [-0.15, -0.1) is 0 Å². The van der Waals surface area contributed by atoms with Gasteiger partial charge in [0.15, 0.2) is 0 Å². The third kappa shape index (κ3) is 4.99. The molecule has 0 bridgehead atoms. The first-order valence-electron chi connectivity index (χ1n) is 10.1. The molecule has 2 aromatic carbocycles. The zero-order chi connectivity index (χ0) is 23.2. The van der Waals surface area contributed by atoms with Crippen molar-refractivity contribution in [1.82, 2.24) is 24.8 Å². The monoisotopic (exact) mass is 440 g/mol. The molecule has 0 spiro atoms. The van der Waals surface area contributed by atoms with Crippen molar-refractivity contribution in [2.24, 2.45) is 5.73 Å². The maximum absolute atomic E-state index is 13.0. The van der Waals surface area contributed by atoms with E-state index in [1.165, 1.54) is 17.1 Å². The fourth-order valence-corrected chi connectivity index (χ4v) is 3.31. The van der Waals surface area contributed by atoms with Crippen molar-refractivity contribution in [2.45, 2.75) is 12.5 Å². The maximum atomic E-state index is 13.0. The number of hydrogen-bond donors (Lipinski definition) is 2. The molecule has 164 valence electrons. The van der Waals surface area contributed by atoms with E-state index in [-0.39, 0.29) is 18.1 Å². The Labute approximate surface area is 189 Å². The van der Waals surface area contributed by atoms with Crippen molar-refractivity contribution in [3.63, 3.8) is 0 Å². The molecule has 2 amide bonds. The van der Waals surface area contributed by atoms with Crippen LogP contribution in [0.2, 0.25) is 0 Å². The highest BCUT2D eigenvalue weighted by Crippen LogP contribution is 2.17. The first-order valence-corrected chi connectivity index (χ1v) is 10.1. The van der Waals surface area contributed by atoms with Crippen molar-refractivity contribution < 1.29 is 14.4 Å². The van der Waals surface area contributed by atoms with Crippen LogP contribution < -0.4 is 11.1 Å². The Morgan fingerprint density at radius 3 is 2.15 bits per heavy atom. The van der Waals surface area contributed by atoms with Gasteiger partial charge >= 0.3 is 0 Å². The molecular formula is C24H20N6O3. The number of amides is 2. The molecule has 33 heavy (non-hydrogen) atoms. The summed E-state index contributed by atoms with van der Waals surface area (Å²) >= 11 is 0. The number of carbonyl (C=O) groups excluding carboxylic acids is 3. The summed E-state index contributed by atoms with van der Waals surface area (Å²) in [5.74, 6) is -2.39. The van der Waals surface area contributed by atoms with E-state index in [2.05, 4.69) is 20.3 Å². The zero-order valence-electron chi connectivity index (χ0n) is 17.5. The average molecular weight is 440 g/mol. The summed E-state index contributed by atoms with van der Waals surface area (Å²) < 4.78 is 1.40. The highest BCUT2D eigenvalue weighted by atomic mass is 16.2. The molecule has 3 N–H and O–H groups in total. The molecule has 0 aliphatic rings. The van der Waals surface area contributed by atoms with Crippen LogP contribution in [0.5, 0.6) is 0 Å². The first-order chi connectivity index (χ1) is 16.0. The summed E-state index contributed by atoms with van der Waals surface area (Å²) in [4.78, 5) is 49.5. The van der Waals surface area contributed by atoms with Crippen LogP contribution in [0.4, 0.5) is 0 Å². The lowest BCUT2D eigenvalue weighted by atomic mass is 10.0. The SMILES string of the molecule is NC(=O)C(=O)[C@H](Cc1ccccc1)NC(=O)c1cncn1-c1ncc(-c2ccccc2)cn1. The molecule has 2 aromatic heterocycles. The molecule has 0 aliphatic heterocycles. The van der Waals surface area contributed by atoms with Crippen molar-refractivity contribution in [1.29, 1.82) is 0 Å². The number of rotatable bonds is 8. The van der Waals surface area contributed by atoms with Gasteiger partial charge in [0.05, 0.1) is 6.20 Å². The summed E-state index contributed by atoms with van der Waals surface area (Å²) in [5.41, 5.74) is 7.85. The molecule has 4 aromatic rings. The minimum absolute atomic E-state index is 0.109. The largest absolute Gasteiger partial charge is 0.363 e. The minimum Gasteiger partial charge on any atom is -0.363 e. The number of imidazole rings is 1. The number of nitrogens with one attached hydrogen (secondary N) is 1. The average Bonchev–Trinajstić information content (AvgIpc) is 3.34. The number of primary amides is 1. The second kappa shape index (κ2) is 9.65. The van der Waals surface area contributed by atoms with Gasteiger partial charge in [-0.25, -0.2) is 15.0 Å². The van der Waals surface area contributed by atoms with E-state index in [1.54, 1.807) is 36.7 Å². The lowest BCUT2D eigenvalue weighted by Gasteiger charge is -2.16. The molecule has 0 fully saturated rings. The Hall–Kier alpha value is -4.66. The normalized spacial score (nSPS) is 11.5. The number of hydrogen-bond acceptors (Lipinski definition) is 6. The molecule has 9 heteroatoms. The van der Waals surface area contributed by atoms with E-state index in [9.17, 15) is 14.4 Å². The van der Waals surface area contributed by atoms with E-state index in [4.69, 9.17) is 5.73 Å². The summed E-state index contributed by atoms with van der Waals surface area (Å²) in [6.45, 7) is 0. The quantitative estimate of drug-likeness (QED) is 0.401. The van der Waals surface area contributed by atoms with Gasteiger partial charge in [0.2, 0.25) is 11.7 Å². The third-order valence-electron chi connectivity index (χ3n) is 4.98. The molecule has 1 atom stereocenters. The van der Waals surface area contributed by atoms with E-state index >= 15 is 0 Å². The third-order valence-corrected chi connectivity index (χ3v) is 4.98. The molecule has 0 radical (unpaired) electrons. The summed E-state index contributed by atoms with van der Waals surface area (Å²) in [7, 11) is 0. The van der Waals surface area contributed by atoms with E-state index < -0.39 is 23.6 Å². The van der Waals surface area contributed by atoms with Gasteiger partial charge < -0.3 is 11.1 Å². The highest BCUT2D eigenvalue weighted by molar-refractivity contribution is 6.38. The van der Waals surface area contributed by atoms with Gasteiger partial charge in [-0.3, -0.25) is 19.0 Å². The minimum atomic E-state index is -1.12. The van der Waals surface area contributed by atoms with Crippen LogP contribution in [0, 0.1) is 0 Å². The van der Waals surface area contributed by atoms with Crippen LogP contribution in [0.1, 0.15) is 16.1 Å². The van der Waals surface area contributed by atoms with Gasteiger partial charge in [-0.2, -0.15) is 0 Å². The number of ketones is 1. The Balaban J connectivity index is 1.56. The molecule has 0 aliphatic carbocycles. The standard InChI is InChI=1S/C24H20N6O3/c25-22(32)21(31)19(11-16-7-3-1-4-8-16)29-23(33)20-14-26-15-30(20)24-27-12-18(13-28-24)17-9-5-2-6-10-17/h1-10,12-15,19H,11H2,(H2,25,32)(H,29,33)/t19-/m0/s1. The Kier molecular flexibility index (Phi) is 6.31. The van der Waals surface area contributed by atoms with Gasteiger partial charge in [0, 0.05) is 24.4 Å². The van der Waals surface area contributed by atoms with Gasteiger partial charge in [0.1, 0.15) is 18.1 Å². The summed E-state index contributed by atoms with van der Waals surface area (Å²) in [5, 5.41) is 2.59. The predicted octanol–water partition coefficient (Wildman–Crippen LogP) is 1.72. The van der Waals surface area contributed by atoms with Crippen LogP contribution in [0.15, 0.2) is 85.6 Å². The van der Waals surface area contributed by atoms with Crippen LogP contribution in [-0.2, 0) is 16.0 Å². The lowest BCUT2D eigenvalue weighted by molar-refractivity contribution is -0.137. The first kappa shape index (κ1) is 21.6. The van der Waals surface area contributed by atoms with Crippen molar-refractivity contribution in [3.8, 4) is 17.1 Å². The summed E-state index contributed by atoms with van der Waals surface area (Å²) in [6, 6.07) is 17.5. The fourth-order valence-electron chi connectivity index (χ4n) is 3.31. The molecule has 0 saturated heterocycles. The topological polar surface area (TPSA) is 133 Å². The van der Waals surface area contributed by atoms with Gasteiger partial charge in [0.25, 0.3) is 11.8 Å². The van der Waals surface area contributed by atoms with Crippen LogP contribution in [0.3, 0.4) is 0 Å². The number of nitrogens with zero attached hydrogens (tertiary/aromatic N) is 4. The fraction of sp³-hybridized carbons (Fsp3) is 0.0833. The van der Waals surface area contributed by atoms with Crippen LogP contribution in [-0.4, -0.2) is 43.2 Å². The smallest absolute Gasteiger partial charge is 0.287 e. The number of benzene rings is 2.